The normalized spacial score (nSPS) is 18.5. The van der Waals surface area contributed by atoms with E-state index in [1.54, 1.807) is 0 Å². The fourth-order valence-electron chi connectivity index (χ4n) is 2.88. The van der Waals surface area contributed by atoms with Crippen molar-refractivity contribution < 1.29 is 14.7 Å². The molecule has 1 atom stereocenters. The lowest BCUT2D eigenvalue weighted by Crippen LogP contribution is -2.22. The Bertz CT molecular complexity index is 688. The molecule has 2 aromatic rings. The fraction of sp³-hybridized carbons (Fsp3) is 0.350. The molecule has 1 aliphatic heterocycles. The van der Waals surface area contributed by atoms with Crippen LogP contribution in [-0.4, -0.2) is 23.8 Å². The first kappa shape index (κ1) is 16.7. The third-order valence-electron chi connectivity index (χ3n) is 4.26. The second-order valence-electron chi connectivity index (χ2n) is 6.08. The van der Waals surface area contributed by atoms with Gasteiger partial charge in [0.25, 0.3) is 0 Å². The Morgan fingerprint density at radius 1 is 1.17 bits per heavy atom. The molecular formula is C20H23NO3. The second-order valence-corrected chi connectivity index (χ2v) is 6.08. The van der Waals surface area contributed by atoms with Gasteiger partial charge in [-0.3, -0.25) is 0 Å². The zero-order valence-corrected chi connectivity index (χ0v) is 13.9. The Balaban J connectivity index is 1.80. The number of rotatable bonds is 5. The summed E-state index contributed by atoms with van der Waals surface area (Å²) in [5.74, 6) is 0. The van der Waals surface area contributed by atoms with E-state index in [9.17, 15) is 5.21 Å². The first-order valence-electron chi connectivity index (χ1n) is 8.38. The van der Waals surface area contributed by atoms with E-state index in [0.29, 0.717) is 12.3 Å². The summed E-state index contributed by atoms with van der Waals surface area (Å²) in [6.07, 6.45) is 3.03. The summed E-state index contributed by atoms with van der Waals surface area (Å²) in [4.78, 5) is 0. The molecule has 126 valence electrons. The monoisotopic (exact) mass is 325 g/mol. The van der Waals surface area contributed by atoms with Crippen molar-refractivity contribution >= 4 is 5.71 Å². The van der Waals surface area contributed by atoms with Gasteiger partial charge in [0, 0.05) is 17.7 Å². The van der Waals surface area contributed by atoms with Crippen molar-refractivity contribution in [2.24, 2.45) is 5.16 Å². The number of nitrogens with zero attached hydrogens (tertiary/aromatic N) is 1. The van der Waals surface area contributed by atoms with Gasteiger partial charge >= 0.3 is 0 Å². The molecule has 1 N–H and O–H groups in total. The van der Waals surface area contributed by atoms with E-state index in [4.69, 9.17) is 9.47 Å². The summed E-state index contributed by atoms with van der Waals surface area (Å²) in [6.45, 7) is 3.23. The number of aryl methyl sites for hydroxylation is 1. The van der Waals surface area contributed by atoms with Crippen molar-refractivity contribution in [3.63, 3.8) is 0 Å². The molecule has 4 nitrogen and oxygen atoms in total. The molecule has 0 radical (unpaired) electrons. The van der Waals surface area contributed by atoms with Gasteiger partial charge in [0.05, 0.1) is 6.61 Å². The van der Waals surface area contributed by atoms with Crippen molar-refractivity contribution in [1.82, 2.24) is 0 Å². The molecule has 0 amide bonds. The highest BCUT2D eigenvalue weighted by Gasteiger charge is 2.17. The van der Waals surface area contributed by atoms with Crippen molar-refractivity contribution in [3.05, 3.63) is 70.8 Å². The standard InChI is InChI=1S/C20H23NO3/c1-15-9-11-16(12-10-15)20(21-22)18-7-3-2-6-17(18)14-24-19-8-4-5-13-23-19/h2-3,6-7,9-12,19,22H,4-5,8,13-14H2,1H3/b21-20-. The summed E-state index contributed by atoms with van der Waals surface area (Å²) < 4.78 is 11.5. The Morgan fingerprint density at radius 3 is 2.67 bits per heavy atom. The smallest absolute Gasteiger partial charge is 0.158 e. The number of benzene rings is 2. The number of hydrogen-bond acceptors (Lipinski definition) is 4. The van der Waals surface area contributed by atoms with Crippen LogP contribution in [0.3, 0.4) is 0 Å². The van der Waals surface area contributed by atoms with Gasteiger partial charge in [0.1, 0.15) is 5.71 Å². The first-order chi connectivity index (χ1) is 11.8. The molecule has 0 bridgehead atoms. The third-order valence-corrected chi connectivity index (χ3v) is 4.26. The minimum Gasteiger partial charge on any atom is -0.410 e. The quantitative estimate of drug-likeness (QED) is 0.507. The lowest BCUT2D eigenvalue weighted by Gasteiger charge is -2.23. The third kappa shape index (κ3) is 4.02. The van der Waals surface area contributed by atoms with Gasteiger partial charge in [0.2, 0.25) is 0 Å². The van der Waals surface area contributed by atoms with Gasteiger partial charge < -0.3 is 14.7 Å². The molecule has 0 aromatic heterocycles. The number of hydrogen-bond donors (Lipinski definition) is 1. The summed E-state index contributed by atoms with van der Waals surface area (Å²) in [5, 5.41) is 13.1. The van der Waals surface area contributed by atoms with Crippen LogP contribution in [0.5, 0.6) is 0 Å². The summed E-state index contributed by atoms with van der Waals surface area (Å²) in [5.41, 5.74) is 4.46. The fourth-order valence-corrected chi connectivity index (χ4v) is 2.88. The van der Waals surface area contributed by atoms with Gasteiger partial charge in [-0.15, -0.1) is 0 Å². The summed E-state index contributed by atoms with van der Waals surface area (Å²) in [7, 11) is 0. The maximum atomic E-state index is 9.57. The molecule has 3 rings (SSSR count). The molecule has 1 heterocycles. The van der Waals surface area contributed by atoms with Crippen LogP contribution >= 0.6 is 0 Å². The Labute approximate surface area is 142 Å². The van der Waals surface area contributed by atoms with Crippen LogP contribution in [0.15, 0.2) is 53.7 Å². The van der Waals surface area contributed by atoms with Crippen molar-refractivity contribution in [2.45, 2.75) is 39.1 Å². The van der Waals surface area contributed by atoms with Crippen LogP contribution in [0.4, 0.5) is 0 Å². The molecule has 0 saturated carbocycles. The molecule has 1 saturated heterocycles. The Hall–Kier alpha value is -2.17. The highest BCUT2D eigenvalue weighted by molar-refractivity contribution is 6.13. The zero-order valence-electron chi connectivity index (χ0n) is 13.9. The van der Waals surface area contributed by atoms with E-state index in [2.05, 4.69) is 5.16 Å². The van der Waals surface area contributed by atoms with Gasteiger partial charge in [-0.1, -0.05) is 59.3 Å². The van der Waals surface area contributed by atoms with E-state index in [-0.39, 0.29) is 6.29 Å². The maximum absolute atomic E-state index is 9.57. The van der Waals surface area contributed by atoms with Crippen LogP contribution in [0.2, 0.25) is 0 Å². The molecule has 0 spiro atoms. The van der Waals surface area contributed by atoms with E-state index < -0.39 is 0 Å². The molecule has 1 unspecified atom stereocenters. The van der Waals surface area contributed by atoms with Gasteiger partial charge in [0.15, 0.2) is 6.29 Å². The first-order valence-corrected chi connectivity index (χ1v) is 8.38. The molecule has 24 heavy (non-hydrogen) atoms. The van der Waals surface area contributed by atoms with E-state index in [0.717, 1.165) is 42.6 Å². The highest BCUT2D eigenvalue weighted by Crippen LogP contribution is 2.20. The largest absolute Gasteiger partial charge is 0.410 e. The van der Waals surface area contributed by atoms with Crippen LogP contribution in [-0.2, 0) is 16.1 Å². The molecule has 4 heteroatoms. The van der Waals surface area contributed by atoms with Gasteiger partial charge in [-0.05, 0) is 31.7 Å². The van der Waals surface area contributed by atoms with Crippen molar-refractivity contribution in [2.75, 3.05) is 6.61 Å². The van der Waals surface area contributed by atoms with Crippen LogP contribution in [0.1, 0.15) is 41.5 Å². The minimum absolute atomic E-state index is 0.138. The topological polar surface area (TPSA) is 51.1 Å². The van der Waals surface area contributed by atoms with E-state index in [1.807, 2.05) is 55.5 Å². The van der Waals surface area contributed by atoms with Crippen molar-refractivity contribution in [1.29, 1.82) is 0 Å². The predicted octanol–water partition coefficient (Wildman–Crippen LogP) is 4.26. The lowest BCUT2D eigenvalue weighted by molar-refractivity contribution is -0.168. The van der Waals surface area contributed by atoms with Crippen molar-refractivity contribution in [3.8, 4) is 0 Å². The SMILES string of the molecule is Cc1ccc(/C(=N/O)c2ccccc2COC2CCCCO2)cc1. The predicted molar refractivity (Wildman–Crippen MR) is 93.4 cm³/mol. The van der Waals surface area contributed by atoms with Crippen LogP contribution < -0.4 is 0 Å². The second kappa shape index (κ2) is 8.08. The summed E-state index contributed by atoms with van der Waals surface area (Å²) >= 11 is 0. The average molecular weight is 325 g/mol. The van der Waals surface area contributed by atoms with Crippen LogP contribution in [0.25, 0.3) is 0 Å². The zero-order chi connectivity index (χ0) is 16.8. The Kier molecular flexibility index (Phi) is 5.62. The molecule has 0 aliphatic carbocycles. The van der Waals surface area contributed by atoms with E-state index >= 15 is 0 Å². The molecule has 1 aliphatic rings. The van der Waals surface area contributed by atoms with E-state index in [1.165, 1.54) is 5.56 Å². The molecule has 1 fully saturated rings. The molecular weight excluding hydrogens is 302 g/mol. The van der Waals surface area contributed by atoms with Gasteiger partial charge in [-0.2, -0.15) is 0 Å². The maximum Gasteiger partial charge on any atom is 0.158 e. The Morgan fingerprint density at radius 2 is 1.96 bits per heavy atom. The average Bonchev–Trinajstić information content (AvgIpc) is 2.64. The summed E-state index contributed by atoms with van der Waals surface area (Å²) in [6, 6.07) is 15.8. The number of oxime groups is 1. The van der Waals surface area contributed by atoms with Crippen LogP contribution in [0, 0.1) is 6.92 Å². The lowest BCUT2D eigenvalue weighted by atomic mass is 9.97. The molecule has 2 aromatic carbocycles. The minimum atomic E-state index is -0.138. The van der Waals surface area contributed by atoms with Gasteiger partial charge in [-0.25, -0.2) is 0 Å². The highest BCUT2D eigenvalue weighted by atomic mass is 16.7. The number of ether oxygens (including phenoxy) is 2.